The van der Waals surface area contributed by atoms with Crippen molar-refractivity contribution in [3.8, 4) is 0 Å². The van der Waals surface area contributed by atoms with Crippen LogP contribution < -0.4 is 0 Å². The van der Waals surface area contributed by atoms with Crippen molar-refractivity contribution in [1.82, 2.24) is 9.55 Å². The summed E-state index contributed by atoms with van der Waals surface area (Å²) in [5.41, 5.74) is 6.29. The first-order chi connectivity index (χ1) is 17.1. The molecule has 2 atom stereocenters. The highest BCUT2D eigenvalue weighted by Crippen LogP contribution is 2.58. The van der Waals surface area contributed by atoms with Crippen LogP contribution in [0.3, 0.4) is 0 Å². The minimum Gasteiger partial charge on any atom is -0.335 e. The summed E-state index contributed by atoms with van der Waals surface area (Å²) in [6.45, 7) is 1.12. The maximum absolute atomic E-state index is 13.4. The Kier molecular flexibility index (Phi) is 5.95. The predicted octanol–water partition coefficient (Wildman–Crippen LogP) is 7.76. The summed E-state index contributed by atoms with van der Waals surface area (Å²) < 4.78 is 27.4. The van der Waals surface area contributed by atoms with Gasteiger partial charge in [0, 0.05) is 29.6 Å². The number of fused-ring (bicyclic) bond motifs is 3. The third kappa shape index (κ3) is 4.53. The van der Waals surface area contributed by atoms with E-state index in [1.54, 1.807) is 0 Å². The van der Waals surface area contributed by atoms with Crippen LogP contribution in [-0.2, 0) is 26.3 Å². The van der Waals surface area contributed by atoms with Gasteiger partial charge in [-0.2, -0.15) is 0 Å². The number of pyridine rings is 1. The van der Waals surface area contributed by atoms with Crippen molar-refractivity contribution in [3.63, 3.8) is 0 Å². The first-order valence-corrected chi connectivity index (χ1v) is 13.8. The van der Waals surface area contributed by atoms with Gasteiger partial charge in [-0.25, -0.2) is 0 Å². The van der Waals surface area contributed by atoms with E-state index in [1.165, 1.54) is 0 Å². The molecule has 3 aromatic carbocycles. The zero-order valence-electron chi connectivity index (χ0n) is 19.0. The van der Waals surface area contributed by atoms with Crippen LogP contribution in [0.25, 0.3) is 21.9 Å². The molecule has 0 amide bonds. The summed E-state index contributed by atoms with van der Waals surface area (Å²) in [5, 5.41) is 1.79. The van der Waals surface area contributed by atoms with E-state index in [0.29, 0.717) is 18.1 Å². The van der Waals surface area contributed by atoms with Crippen molar-refractivity contribution in [2.75, 3.05) is 6.61 Å². The van der Waals surface area contributed by atoms with Crippen LogP contribution in [0, 0.1) is 0 Å². The van der Waals surface area contributed by atoms with Gasteiger partial charge in [0.25, 0.3) is 0 Å². The third-order valence-corrected chi connectivity index (χ3v) is 8.58. The molecule has 1 aliphatic rings. The second kappa shape index (κ2) is 9.25. The Morgan fingerprint density at radius 3 is 2.60 bits per heavy atom. The van der Waals surface area contributed by atoms with Gasteiger partial charge in [0.15, 0.2) is 0 Å². The van der Waals surface area contributed by atoms with Crippen LogP contribution in [0.4, 0.5) is 0 Å². The second-order valence-electron chi connectivity index (χ2n) is 8.83. The summed E-state index contributed by atoms with van der Waals surface area (Å²) in [6, 6.07) is 28.1. The number of halogens is 1. The molecule has 176 valence electrons. The van der Waals surface area contributed by atoms with Crippen LogP contribution in [0.15, 0.2) is 91.1 Å². The Morgan fingerprint density at radius 2 is 1.74 bits per heavy atom. The number of para-hydroxylation sites is 1. The van der Waals surface area contributed by atoms with Crippen LogP contribution in [0.5, 0.6) is 0 Å². The fourth-order valence-corrected chi connectivity index (χ4v) is 6.86. The molecule has 0 saturated carbocycles. The third-order valence-electron chi connectivity index (χ3n) is 6.44. The minimum atomic E-state index is -3.27. The average Bonchev–Trinajstić information content (AvgIpc) is 3.19. The zero-order chi connectivity index (χ0) is 23.8. The Hall–Kier alpha value is -2.95. The lowest BCUT2D eigenvalue weighted by atomic mass is 10.1. The number of nitrogens with zero attached hydrogens (tertiary/aromatic N) is 2. The largest absolute Gasteiger partial charge is 0.335 e. The Bertz CT molecular complexity index is 1510. The first kappa shape index (κ1) is 22.5. The summed E-state index contributed by atoms with van der Waals surface area (Å²) in [7, 11) is -3.27. The van der Waals surface area contributed by atoms with Crippen molar-refractivity contribution >= 4 is 41.1 Å². The summed E-state index contributed by atoms with van der Waals surface area (Å²) >= 11 is 6.13. The number of aromatic nitrogens is 2. The monoisotopic (exact) mass is 502 g/mol. The first-order valence-electron chi connectivity index (χ1n) is 11.7. The quantitative estimate of drug-likeness (QED) is 0.230. The van der Waals surface area contributed by atoms with Gasteiger partial charge in [-0.3, -0.25) is 9.55 Å². The minimum absolute atomic E-state index is 0.240. The summed E-state index contributed by atoms with van der Waals surface area (Å²) in [5.74, 6) is 0. The molecule has 1 fully saturated rings. The van der Waals surface area contributed by atoms with E-state index in [-0.39, 0.29) is 12.3 Å². The molecule has 7 heteroatoms. The number of benzene rings is 3. The molecule has 3 heterocycles. The summed E-state index contributed by atoms with van der Waals surface area (Å²) in [4.78, 5) is 4.60. The predicted molar refractivity (Wildman–Crippen MR) is 140 cm³/mol. The number of hydrogen-bond donors (Lipinski definition) is 0. The molecule has 0 radical (unpaired) electrons. The Balaban J connectivity index is 1.21. The molecule has 1 saturated heterocycles. The molecule has 0 N–H and O–H groups in total. The molecule has 2 unspecified atom stereocenters. The van der Waals surface area contributed by atoms with E-state index in [1.807, 2.05) is 54.7 Å². The lowest BCUT2D eigenvalue weighted by molar-refractivity contribution is 0.0806. The van der Waals surface area contributed by atoms with Crippen molar-refractivity contribution in [2.45, 2.75) is 25.2 Å². The SMILES string of the molecule is O=P1(Cc2ccc(Cn3c4ccccc4c4ncccc43)cc2)OCCC(c2cccc(Cl)c2)O1. The van der Waals surface area contributed by atoms with Gasteiger partial charge in [-0.1, -0.05) is 66.2 Å². The highest BCUT2D eigenvalue weighted by atomic mass is 35.5. The number of hydrogen-bond acceptors (Lipinski definition) is 4. The van der Waals surface area contributed by atoms with Gasteiger partial charge in [-0.15, -0.1) is 0 Å². The Morgan fingerprint density at radius 1 is 0.943 bits per heavy atom. The van der Waals surface area contributed by atoms with Crippen molar-refractivity contribution in [1.29, 1.82) is 0 Å². The van der Waals surface area contributed by atoms with Gasteiger partial charge in [0.1, 0.15) is 0 Å². The van der Waals surface area contributed by atoms with Gasteiger partial charge in [0.2, 0.25) is 0 Å². The second-order valence-corrected chi connectivity index (χ2v) is 11.3. The smallest absolute Gasteiger partial charge is 0.335 e. The molecule has 1 aliphatic heterocycles. The van der Waals surface area contributed by atoms with E-state index >= 15 is 0 Å². The number of rotatable bonds is 5. The van der Waals surface area contributed by atoms with E-state index in [2.05, 4.69) is 45.9 Å². The van der Waals surface area contributed by atoms with Crippen LogP contribution in [0.1, 0.15) is 29.2 Å². The highest BCUT2D eigenvalue weighted by Gasteiger charge is 2.34. The van der Waals surface area contributed by atoms with Gasteiger partial charge in [-0.05, 0) is 47.0 Å². The van der Waals surface area contributed by atoms with Crippen molar-refractivity contribution in [2.24, 2.45) is 0 Å². The van der Waals surface area contributed by atoms with E-state index in [4.69, 9.17) is 20.6 Å². The normalized spacial score (nSPS) is 20.4. The molecule has 6 rings (SSSR count). The van der Waals surface area contributed by atoms with Crippen molar-refractivity contribution in [3.05, 3.63) is 113 Å². The maximum atomic E-state index is 13.4. The van der Waals surface area contributed by atoms with Crippen LogP contribution in [0.2, 0.25) is 5.02 Å². The molecular weight excluding hydrogens is 479 g/mol. The maximum Gasteiger partial charge on any atom is 0.335 e. The fraction of sp³-hybridized carbons (Fsp3) is 0.179. The molecule has 5 nitrogen and oxygen atoms in total. The van der Waals surface area contributed by atoms with Crippen molar-refractivity contribution < 1.29 is 13.6 Å². The van der Waals surface area contributed by atoms with Gasteiger partial charge in [0.05, 0.1) is 35.4 Å². The molecule has 0 spiro atoms. The zero-order valence-corrected chi connectivity index (χ0v) is 20.7. The topological polar surface area (TPSA) is 53.4 Å². The van der Waals surface area contributed by atoms with Crippen LogP contribution >= 0.6 is 19.2 Å². The van der Waals surface area contributed by atoms with Gasteiger partial charge < -0.3 is 13.6 Å². The average molecular weight is 503 g/mol. The fourth-order valence-electron chi connectivity index (χ4n) is 4.78. The highest BCUT2D eigenvalue weighted by molar-refractivity contribution is 7.53. The standard InChI is InChI=1S/C28H24ClN2O3P/c29-23-6-3-5-22(17-23)27-14-16-33-35(32,34-27)19-21-12-10-20(11-13-21)18-31-25-8-2-1-7-24(25)28-26(31)9-4-15-30-28/h1-13,15,17,27H,14,16,18-19H2. The van der Waals surface area contributed by atoms with E-state index < -0.39 is 7.60 Å². The molecule has 0 aliphatic carbocycles. The molecular formula is C28H24ClN2O3P. The molecule has 2 aromatic heterocycles. The summed E-state index contributed by atoms with van der Waals surface area (Å²) in [6.07, 6.45) is 2.44. The molecule has 0 bridgehead atoms. The van der Waals surface area contributed by atoms with E-state index in [9.17, 15) is 4.57 Å². The lowest BCUT2D eigenvalue weighted by Crippen LogP contribution is -2.15. The van der Waals surface area contributed by atoms with Gasteiger partial charge >= 0.3 is 7.60 Å². The molecule has 35 heavy (non-hydrogen) atoms. The van der Waals surface area contributed by atoms with E-state index in [0.717, 1.165) is 45.2 Å². The van der Waals surface area contributed by atoms with Crippen LogP contribution in [-0.4, -0.2) is 16.2 Å². The Labute approximate surface area is 208 Å². The molecule has 5 aromatic rings. The lowest BCUT2D eigenvalue weighted by Gasteiger charge is -2.30.